The van der Waals surface area contributed by atoms with Crippen molar-refractivity contribution in [3.05, 3.63) is 143 Å². The fourth-order valence-corrected chi connectivity index (χ4v) is 16.3. The number of rotatable bonds is 3. The average molecular weight is 679 g/mol. The van der Waals surface area contributed by atoms with Crippen LogP contribution in [-0.4, -0.2) is 0 Å². The zero-order chi connectivity index (χ0) is 35.5. The van der Waals surface area contributed by atoms with Crippen LogP contribution >= 0.6 is 0 Å². The lowest BCUT2D eigenvalue weighted by atomic mass is 9.24. The largest absolute Gasteiger partial charge is 0.0622 e. The van der Waals surface area contributed by atoms with Gasteiger partial charge in [0, 0.05) is 22.3 Å². The van der Waals surface area contributed by atoms with Crippen molar-refractivity contribution < 1.29 is 0 Å². The molecule has 0 aromatic heterocycles. The van der Waals surface area contributed by atoms with E-state index < -0.39 is 0 Å². The molecule has 4 atom stereocenters. The number of hydrogen-bond acceptors (Lipinski definition) is 0. The molecule has 8 aliphatic rings. The molecule has 12 rings (SSSR count). The first-order chi connectivity index (χ1) is 24.8. The highest BCUT2D eigenvalue weighted by molar-refractivity contribution is 5.48. The molecule has 0 radical (unpaired) electrons. The highest BCUT2D eigenvalue weighted by atomic mass is 14.8. The van der Waals surface area contributed by atoms with Crippen LogP contribution in [0.1, 0.15) is 138 Å². The van der Waals surface area contributed by atoms with Crippen molar-refractivity contribution >= 4 is 0 Å². The van der Waals surface area contributed by atoms with E-state index in [0.29, 0.717) is 32.5 Å². The smallest absolute Gasteiger partial charge is 0.0251 e. The summed E-state index contributed by atoms with van der Waals surface area (Å²) in [6, 6.07) is 40.1. The van der Waals surface area contributed by atoms with E-state index in [9.17, 15) is 0 Å². The SMILES string of the molecule is CC12CC3(C)CC(c4cccc(C#Cc5ccccc5)c4)(C1)CC(C14CC5(C)CC(C)(CC(c6cccc(C#Cc7ccccc7)c6)(C5)C1)C4)(C2)C3. The van der Waals surface area contributed by atoms with E-state index >= 15 is 0 Å². The third-order valence-corrected chi connectivity index (χ3v) is 15.5. The molecule has 8 saturated carbocycles. The summed E-state index contributed by atoms with van der Waals surface area (Å²) in [6.07, 6.45) is 16.6. The predicted octanol–water partition coefficient (Wildman–Crippen LogP) is 12.4. The third-order valence-electron chi connectivity index (χ3n) is 15.5. The molecule has 52 heavy (non-hydrogen) atoms. The first kappa shape index (κ1) is 32.6. The molecule has 0 spiro atoms. The Morgan fingerprint density at radius 1 is 0.327 bits per heavy atom. The predicted molar refractivity (Wildman–Crippen MR) is 214 cm³/mol. The zero-order valence-corrected chi connectivity index (χ0v) is 31.9. The summed E-state index contributed by atoms with van der Waals surface area (Å²) in [7, 11) is 0. The van der Waals surface area contributed by atoms with E-state index in [1.54, 1.807) is 11.1 Å². The Morgan fingerprint density at radius 2 is 0.654 bits per heavy atom. The molecule has 0 amide bonds. The van der Waals surface area contributed by atoms with Gasteiger partial charge in [-0.05, 0) is 180 Å². The number of benzene rings is 4. The molecule has 0 nitrogen and oxygen atoms in total. The van der Waals surface area contributed by atoms with E-state index in [2.05, 4.69) is 161 Å². The highest BCUT2D eigenvalue weighted by Crippen LogP contribution is 2.85. The molecular weight excluding hydrogens is 625 g/mol. The minimum absolute atomic E-state index is 0.230. The molecule has 4 aromatic carbocycles. The molecular formula is C52H54. The second-order valence-electron chi connectivity index (χ2n) is 20.9. The van der Waals surface area contributed by atoms with Crippen molar-refractivity contribution in [3.63, 3.8) is 0 Å². The second kappa shape index (κ2) is 10.8. The second-order valence-corrected chi connectivity index (χ2v) is 20.9. The molecule has 4 aromatic rings. The fourth-order valence-electron chi connectivity index (χ4n) is 16.3. The topological polar surface area (TPSA) is 0 Å². The van der Waals surface area contributed by atoms with Gasteiger partial charge in [0.15, 0.2) is 0 Å². The van der Waals surface area contributed by atoms with Gasteiger partial charge >= 0.3 is 0 Å². The Morgan fingerprint density at radius 3 is 1.02 bits per heavy atom. The third kappa shape index (κ3) is 5.11. The van der Waals surface area contributed by atoms with Crippen LogP contribution in [-0.2, 0) is 10.8 Å². The van der Waals surface area contributed by atoms with E-state index in [1.807, 2.05) is 0 Å². The van der Waals surface area contributed by atoms with Gasteiger partial charge in [-0.3, -0.25) is 0 Å². The molecule has 0 N–H and O–H groups in total. The lowest BCUT2D eigenvalue weighted by Crippen LogP contribution is -2.71. The van der Waals surface area contributed by atoms with Crippen molar-refractivity contribution in [2.24, 2.45) is 32.5 Å². The van der Waals surface area contributed by atoms with E-state index in [1.165, 1.54) is 88.2 Å². The van der Waals surface area contributed by atoms with Crippen LogP contribution in [0.4, 0.5) is 0 Å². The minimum Gasteiger partial charge on any atom is -0.0622 e. The molecule has 0 saturated heterocycles. The molecule has 0 aliphatic heterocycles. The summed E-state index contributed by atoms with van der Waals surface area (Å²) in [4.78, 5) is 0. The van der Waals surface area contributed by atoms with E-state index in [4.69, 9.17) is 0 Å². The Labute approximate surface area is 313 Å². The summed E-state index contributed by atoms with van der Waals surface area (Å²) in [5.74, 6) is 14.1. The van der Waals surface area contributed by atoms with Gasteiger partial charge in [0.1, 0.15) is 0 Å². The highest BCUT2D eigenvalue weighted by Gasteiger charge is 2.76. The molecule has 0 heteroatoms. The van der Waals surface area contributed by atoms with Gasteiger partial charge in [0.2, 0.25) is 0 Å². The van der Waals surface area contributed by atoms with Crippen LogP contribution in [0.25, 0.3) is 0 Å². The maximum absolute atomic E-state index is 3.57. The molecule has 0 heterocycles. The lowest BCUT2D eigenvalue weighted by Gasteiger charge is -2.80. The monoisotopic (exact) mass is 678 g/mol. The maximum Gasteiger partial charge on any atom is 0.0251 e. The van der Waals surface area contributed by atoms with Crippen molar-refractivity contribution in [1.29, 1.82) is 0 Å². The van der Waals surface area contributed by atoms with Crippen molar-refractivity contribution in [1.82, 2.24) is 0 Å². The van der Waals surface area contributed by atoms with Crippen LogP contribution in [0, 0.1) is 56.2 Å². The first-order valence-corrected chi connectivity index (χ1v) is 20.2. The average Bonchev–Trinajstić information content (AvgIpc) is 3.08. The minimum atomic E-state index is 0.230. The van der Waals surface area contributed by atoms with E-state index in [-0.39, 0.29) is 10.8 Å². The lowest BCUT2D eigenvalue weighted by molar-refractivity contribution is -0.275. The van der Waals surface area contributed by atoms with Gasteiger partial charge < -0.3 is 0 Å². The van der Waals surface area contributed by atoms with Crippen LogP contribution in [0.3, 0.4) is 0 Å². The van der Waals surface area contributed by atoms with Gasteiger partial charge in [-0.15, -0.1) is 0 Å². The van der Waals surface area contributed by atoms with Crippen molar-refractivity contribution in [2.75, 3.05) is 0 Å². The Balaban J connectivity index is 1.06. The summed E-state index contributed by atoms with van der Waals surface area (Å²) in [6.45, 7) is 10.8. The Bertz CT molecular complexity index is 2000. The maximum atomic E-state index is 3.57. The van der Waals surface area contributed by atoms with Gasteiger partial charge in [-0.1, -0.05) is 112 Å². The summed E-state index contributed by atoms with van der Waals surface area (Å²) >= 11 is 0. The molecule has 8 fully saturated rings. The van der Waals surface area contributed by atoms with Gasteiger partial charge in [-0.2, -0.15) is 0 Å². The normalized spacial score (nSPS) is 40.5. The summed E-state index contributed by atoms with van der Waals surface area (Å²) < 4.78 is 0. The quantitative estimate of drug-likeness (QED) is 0.189. The van der Waals surface area contributed by atoms with Gasteiger partial charge in [0.25, 0.3) is 0 Å². The van der Waals surface area contributed by atoms with Crippen LogP contribution in [0.5, 0.6) is 0 Å². The van der Waals surface area contributed by atoms with Crippen LogP contribution in [0.15, 0.2) is 109 Å². The fraction of sp³-hybridized carbons (Fsp3) is 0.462. The van der Waals surface area contributed by atoms with Crippen molar-refractivity contribution in [2.45, 2.75) is 116 Å². The van der Waals surface area contributed by atoms with Crippen molar-refractivity contribution in [3.8, 4) is 23.7 Å². The van der Waals surface area contributed by atoms with Crippen LogP contribution < -0.4 is 0 Å². The van der Waals surface area contributed by atoms with Gasteiger partial charge in [0.05, 0.1) is 0 Å². The first-order valence-electron chi connectivity index (χ1n) is 20.2. The molecule has 8 aliphatic carbocycles. The van der Waals surface area contributed by atoms with E-state index in [0.717, 1.165) is 11.1 Å². The Kier molecular flexibility index (Phi) is 6.77. The van der Waals surface area contributed by atoms with Gasteiger partial charge in [-0.25, -0.2) is 0 Å². The zero-order valence-electron chi connectivity index (χ0n) is 31.9. The standard InChI is InChI=1S/C52H54/c1-45-27-46(2)30-49(29-45,43-19-11-17-41(25-43)23-21-39-13-7-5-8-14-39)37-51(33-45,34-46)52-35-47(3)28-48(4,36-52)32-50(31-47,38-52)44-20-12-18-42(26-44)24-22-40-15-9-6-10-16-40/h5-20,25-26H,27-38H2,1-4H3. The summed E-state index contributed by atoms with van der Waals surface area (Å²) in [5.41, 5.74) is 10.4. The molecule has 8 bridgehead atoms. The molecule has 262 valence electrons. The van der Waals surface area contributed by atoms with Crippen LogP contribution in [0.2, 0.25) is 0 Å². The molecule has 4 unspecified atom stereocenters. The summed E-state index contributed by atoms with van der Waals surface area (Å²) in [5, 5.41) is 0. The Hall–Kier alpha value is -4.00. The number of hydrogen-bond donors (Lipinski definition) is 0.